The van der Waals surface area contributed by atoms with E-state index in [1.165, 1.54) is 41.0 Å². The number of fused-ring (bicyclic) bond motifs is 2. The normalized spacial score (nSPS) is 13.9. The Morgan fingerprint density at radius 2 is 1.97 bits per heavy atom. The minimum Gasteiger partial charge on any atom is -0.482 e. The fourth-order valence-electron chi connectivity index (χ4n) is 3.36. The third kappa shape index (κ3) is 3.22. The minimum absolute atomic E-state index is 0.0891. The topological polar surface area (TPSA) is 121 Å². The molecule has 4 rings (SSSR count). The minimum atomic E-state index is -0.870. The fourth-order valence-corrected chi connectivity index (χ4v) is 3.36. The number of hydrogen-bond acceptors (Lipinski definition) is 6. The highest BCUT2D eigenvalue weighted by Crippen LogP contribution is 2.30. The van der Waals surface area contributed by atoms with Crippen molar-refractivity contribution in [2.24, 2.45) is 0 Å². The van der Waals surface area contributed by atoms with Gasteiger partial charge < -0.3 is 10.1 Å². The van der Waals surface area contributed by atoms with Gasteiger partial charge in [-0.3, -0.25) is 29.1 Å². The summed E-state index contributed by atoms with van der Waals surface area (Å²) in [5.74, 6) is -0.203. The highest BCUT2D eigenvalue weighted by molar-refractivity contribution is 6.02. The molecule has 0 aliphatic carbocycles. The molecule has 1 atom stereocenters. The van der Waals surface area contributed by atoms with Crippen LogP contribution in [0.15, 0.2) is 53.3 Å². The van der Waals surface area contributed by atoms with Gasteiger partial charge in [0.05, 0.1) is 22.2 Å². The van der Waals surface area contributed by atoms with Crippen molar-refractivity contribution in [1.29, 1.82) is 0 Å². The quantitative estimate of drug-likeness (QED) is 0.413. The molecule has 146 valence electrons. The summed E-state index contributed by atoms with van der Waals surface area (Å²) in [5.41, 5.74) is 0.598. The maximum atomic E-state index is 13.1. The van der Waals surface area contributed by atoms with Crippen LogP contribution in [0.4, 0.5) is 11.4 Å². The van der Waals surface area contributed by atoms with Gasteiger partial charge in [0.15, 0.2) is 12.4 Å². The molecule has 2 heterocycles. The lowest BCUT2D eigenvalue weighted by Crippen LogP contribution is -2.28. The van der Waals surface area contributed by atoms with E-state index in [9.17, 15) is 24.5 Å². The number of ketones is 1. The van der Waals surface area contributed by atoms with Crippen LogP contribution in [0.2, 0.25) is 0 Å². The molecule has 1 N–H and O–H groups in total. The Labute approximate surface area is 163 Å². The Balaban J connectivity index is 1.76. The number of Topliss-reactive ketones (excluding diaryl/α,β-unsaturated/α-hetero) is 1. The zero-order chi connectivity index (χ0) is 20.7. The van der Waals surface area contributed by atoms with Gasteiger partial charge in [-0.25, -0.2) is 0 Å². The summed E-state index contributed by atoms with van der Waals surface area (Å²) in [7, 11) is 0. The zero-order valence-electron chi connectivity index (χ0n) is 15.2. The summed E-state index contributed by atoms with van der Waals surface area (Å²) in [6.45, 7) is 1.49. The van der Waals surface area contributed by atoms with E-state index in [1.54, 1.807) is 19.1 Å². The van der Waals surface area contributed by atoms with Crippen molar-refractivity contribution in [2.45, 2.75) is 13.0 Å². The van der Waals surface area contributed by atoms with Gasteiger partial charge in [0.1, 0.15) is 5.75 Å². The van der Waals surface area contributed by atoms with Gasteiger partial charge in [-0.2, -0.15) is 0 Å². The molecule has 1 aliphatic rings. The van der Waals surface area contributed by atoms with Gasteiger partial charge in [0, 0.05) is 29.1 Å². The summed E-state index contributed by atoms with van der Waals surface area (Å²) in [5, 5.41) is 14.1. The van der Waals surface area contributed by atoms with Crippen molar-refractivity contribution in [3.63, 3.8) is 0 Å². The summed E-state index contributed by atoms with van der Waals surface area (Å²) in [6.07, 6.45) is 0. The van der Waals surface area contributed by atoms with E-state index in [1.807, 2.05) is 0 Å². The molecule has 29 heavy (non-hydrogen) atoms. The Hall–Kier alpha value is -4.01. The molecule has 0 saturated carbocycles. The molecule has 9 nitrogen and oxygen atoms in total. The van der Waals surface area contributed by atoms with Crippen LogP contribution in [-0.4, -0.2) is 27.8 Å². The molecule has 0 saturated heterocycles. The first-order chi connectivity index (χ1) is 13.8. The lowest BCUT2D eigenvalue weighted by Gasteiger charge is -2.20. The second-order valence-corrected chi connectivity index (χ2v) is 6.63. The number of carbonyl (C=O) groups is 2. The first-order valence-corrected chi connectivity index (χ1v) is 8.76. The van der Waals surface area contributed by atoms with Crippen LogP contribution in [0.5, 0.6) is 5.75 Å². The fraction of sp³-hybridized carbons (Fsp3) is 0.150. The largest absolute Gasteiger partial charge is 0.482 e. The van der Waals surface area contributed by atoms with Crippen molar-refractivity contribution in [1.82, 2.24) is 4.57 Å². The Morgan fingerprint density at radius 3 is 2.72 bits per heavy atom. The van der Waals surface area contributed by atoms with Crippen LogP contribution in [0.3, 0.4) is 0 Å². The molecule has 0 bridgehead atoms. The summed E-state index contributed by atoms with van der Waals surface area (Å²) in [6, 6.07) is 10.7. The number of nitrogens with one attached hydrogen (secondary N) is 1. The lowest BCUT2D eigenvalue weighted by molar-refractivity contribution is -0.384. The maximum absolute atomic E-state index is 13.1. The number of benzene rings is 2. The van der Waals surface area contributed by atoms with E-state index in [-0.39, 0.29) is 24.0 Å². The smallest absolute Gasteiger partial charge is 0.270 e. The second-order valence-electron chi connectivity index (χ2n) is 6.63. The van der Waals surface area contributed by atoms with E-state index < -0.39 is 16.5 Å². The SMILES string of the molecule is CC(C(=O)c1ccc2c(c1)NC(=O)CO2)n1c(=O)ccc2cc([N+](=O)[O-])ccc21. The monoisotopic (exact) mass is 393 g/mol. The van der Waals surface area contributed by atoms with Gasteiger partial charge in [0.2, 0.25) is 0 Å². The van der Waals surface area contributed by atoms with Gasteiger partial charge >= 0.3 is 0 Å². The average molecular weight is 393 g/mol. The molecule has 1 aromatic heterocycles. The highest BCUT2D eigenvalue weighted by atomic mass is 16.6. The summed E-state index contributed by atoms with van der Waals surface area (Å²) < 4.78 is 6.59. The second kappa shape index (κ2) is 6.86. The van der Waals surface area contributed by atoms with E-state index in [0.717, 1.165) is 0 Å². The van der Waals surface area contributed by atoms with Crippen LogP contribution < -0.4 is 15.6 Å². The first kappa shape index (κ1) is 18.4. The molecule has 1 unspecified atom stereocenters. The van der Waals surface area contributed by atoms with Crippen molar-refractivity contribution >= 4 is 34.0 Å². The van der Waals surface area contributed by atoms with Gasteiger partial charge in [-0.1, -0.05) is 0 Å². The molecule has 0 spiro atoms. The van der Waals surface area contributed by atoms with Crippen LogP contribution in [0.25, 0.3) is 10.9 Å². The lowest BCUT2D eigenvalue weighted by atomic mass is 10.0. The number of nitro benzene ring substituents is 1. The van der Waals surface area contributed by atoms with E-state index in [4.69, 9.17) is 4.74 Å². The molecular formula is C20H15N3O6. The van der Waals surface area contributed by atoms with Crippen molar-refractivity contribution in [3.05, 3.63) is 74.6 Å². The molecule has 0 fully saturated rings. The van der Waals surface area contributed by atoms with Crippen molar-refractivity contribution in [3.8, 4) is 5.75 Å². The third-order valence-corrected chi connectivity index (χ3v) is 4.79. The average Bonchev–Trinajstić information content (AvgIpc) is 2.71. The molecule has 2 aromatic carbocycles. The van der Waals surface area contributed by atoms with Gasteiger partial charge in [0.25, 0.3) is 17.2 Å². The number of rotatable bonds is 4. The number of anilines is 1. The van der Waals surface area contributed by atoms with E-state index in [0.29, 0.717) is 27.9 Å². The maximum Gasteiger partial charge on any atom is 0.270 e. The van der Waals surface area contributed by atoms with Crippen LogP contribution in [0, 0.1) is 10.1 Å². The van der Waals surface area contributed by atoms with Crippen molar-refractivity contribution < 1.29 is 19.2 Å². The number of ether oxygens (including phenoxy) is 1. The number of nitro groups is 1. The summed E-state index contributed by atoms with van der Waals surface area (Å²) in [4.78, 5) is 47.6. The first-order valence-electron chi connectivity index (χ1n) is 8.76. The molecule has 0 radical (unpaired) electrons. The Morgan fingerprint density at radius 1 is 1.17 bits per heavy atom. The zero-order valence-corrected chi connectivity index (χ0v) is 15.2. The number of amides is 1. The number of carbonyl (C=O) groups excluding carboxylic acids is 2. The number of aromatic nitrogens is 1. The molecule has 1 amide bonds. The molecule has 3 aromatic rings. The predicted molar refractivity (Wildman–Crippen MR) is 104 cm³/mol. The Bertz CT molecular complexity index is 1250. The molecular weight excluding hydrogens is 378 g/mol. The van der Waals surface area contributed by atoms with Crippen molar-refractivity contribution in [2.75, 3.05) is 11.9 Å². The predicted octanol–water partition coefficient (Wildman–Crippen LogP) is 2.68. The number of nitrogens with zero attached hydrogens (tertiary/aromatic N) is 2. The van der Waals surface area contributed by atoms with Gasteiger partial charge in [-0.05, 0) is 37.3 Å². The summed E-state index contributed by atoms with van der Waals surface area (Å²) >= 11 is 0. The molecule has 1 aliphatic heterocycles. The standard InChI is InChI=1S/C20H15N3O6/c1-11(20(26)13-2-6-17-15(9-13)21-18(24)10-29-17)22-16-5-4-14(23(27)28)8-12(16)3-7-19(22)25/h2-9,11H,10H2,1H3,(H,21,24). The van der Waals surface area contributed by atoms with Crippen LogP contribution >= 0.6 is 0 Å². The number of hydrogen-bond donors (Lipinski definition) is 1. The van der Waals surface area contributed by atoms with E-state index in [2.05, 4.69) is 5.32 Å². The van der Waals surface area contributed by atoms with Gasteiger partial charge in [-0.15, -0.1) is 0 Å². The van der Waals surface area contributed by atoms with Crippen LogP contribution in [0.1, 0.15) is 23.3 Å². The number of pyridine rings is 1. The number of non-ortho nitro benzene ring substituents is 1. The third-order valence-electron chi connectivity index (χ3n) is 4.79. The molecule has 9 heteroatoms. The Kier molecular flexibility index (Phi) is 4.34. The van der Waals surface area contributed by atoms with Crippen LogP contribution in [-0.2, 0) is 4.79 Å². The van der Waals surface area contributed by atoms with E-state index >= 15 is 0 Å². The highest BCUT2D eigenvalue weighted by Gasteiger charge is 2.23.